The third-order valence-electron chi connectivity index (χ3n) is 4.73. The Bertz CT molecular complexity index is 440. The molecule has 1 unspecified atom stereocenters. The third-order valence-corrected chi connectivity index (χ3v) is 5.27. The zero-order chi connectivity index (χ0) is 18.1. The van der Waals surface area contributed by atoms with Gasteiger partial charge in [-0.1, -0.05) is 38.9 Å². The number of carbonyl (C=O) groups excluding carboxylic acids is 2. The molecule has 24 heavy (non-hydrogen) atoms. The highest BCUT2D eigenvalue weighted by molar-refractivity contribution is 7.80. The van der Waals surface area contributed by atoms with E-state index in [9.17, 15) is 9.59 Å². The Labute approximate surface area is 151 Å². The molecule has 6 heteroatoms. The number of rotatable bonds is 9. The largest absolute Gasteiger partial charge is 0.383 e. The van der Waals surface area contributed by atoms with E-state index in [-0.39, 0.29) is 18.7 Å². The molecule has 2 atom stereocenters. The van der Waals surface area contributed by atoms with Crippen LogP contribution in [0.5, 0.6) is 0 Å². The van der Waals surface area contributed by atoms with Gasteiger partial charge in [0.15, 0.2) is 0 Å². The van der Waals surface area contributed by atoms with Gasteiger partial charge in [-0.2, -0.15) is 0 Å². The van der Waals surface area contributed by atoms with Crippen molar-refractivity contribution in [2.24, 2.45) is 23.5 Å². The van der Waals surface area contributed by atoms with Gasteiger partial charge >= 0.3 is 0 Å². The Morgan fingerprint density at radius 3 is 2.58 bits per heavy atom. The number of thiocarbonyl (C=S) groups is 1. The Morgan fingerprint density at radius 1 is 1.29 bits per heavy atom. The van der Waals surface area contributed by atoms with Crippen LogP contribution in [0, 0.1) is 17.8 Å². The van der Waals surface area contributed by atoms with Gasteiger partial charge in [-0.3, -0.25) is 9.59 Å². The van der Waals surface area contributed by atoms with Gasteiger partial charge in [0.1, 0.15) is 0 Å². The molecule has 1 fully saturated rings. The van der Waals surface area contributed by atoms with Crippen LogP contribution in [0.3, 0.4) is 0 Å². The van der Waals surface area contributed by atoms with Crippen molar-refractivity contribution in [3.63, 3.8) is 0 Å². The van der Waals surface area contributed by atoms with Gasteiger partial charge in [0, 0.05) is 38.9 Å². The van der Waals surface area contributed by atoms with E-state index in [1.54, 1.807) is 0 Å². The highest BCUT2D eigenvalue weighted by atomic mass is 32.1. The maximum atomic E-state index is 12.4. The quantitative estimate of drug-likeness (QED) is 0.623. The van der Waals surface area contributed by atoms with Crippen LogP contribution in [0.1, 0.15) is 58.8 Å². The summed E-state index contributed by atoms with van der Waals surface area (Å²) < 4.78 is 0. The zero-order valence-corrected chi connectivity index (χ0v) is 16.2. The molecule has 1 aliphatic carbocycles. The van der Waals surface area contributed by atoms with Gasteiger partial charge in [0.05, 0.1) is 4.99 Å². The molecule has 1 aliphatic rings. The minimum atomic E-state index is -0.413. The first-order valence-electron chi connectivity index (χ1n) is 9.11. The van der Waals surface area contributed by atoms with Gasteiger partial charge in [0.2, 0.25) is 11.8 Å². The fourth-order valence-corrected chi connectivity index (χ4v) is 3.69. The summed E-state index contributed by atoms with van der Waals surface area (Å²) in [6.07, 6.45) is 6.07. The van der Waals surface area contributed by atoms with E-state index in [0.29, 0.717) is 17.8 Å². The molecule has 3 N–H and O–H groups in total. The van der Waals surface area contributed by atoms with Gasteiger partial charge < -0.3 is 16.0 Å². The molecule has 0 bridgehead atoms. The number of nitrogens with one attached hydrogen (secondary N) is 1. The first kappa shape index (κ1) is 20.9. The predicted octanol–water partition coefficient (Wildman–Crippen LogP) is 2.48. The first-order chi connectivity index (χ1) is 11.3. The lowest BCUT2D eigenvalue weighted by Crippen LogP contribution is -2.37. The van der Waals surface area contributed by atoms with Gasteiger partial charge in [-0.25, -0.2) is 0 Å². The van der Waals surface area contributed by atoms with Gasteiger partial charge in [0.25, 0.3) is 0 Å². The Kier molecular flexibility index (Phi) is 9.26. The van der Waals surface area contributed by atoms with E-state index in [1.807, 2.05) is 11.9 Å². The molecule has 0 aromatic rings. The van der Waals surface area contributed by atoms with Crippen LogP contribution in [0.25, 0.3) is 0 Å². The molecule has 5 nitrogen and oxygen atoms in total. The van der Waals surface area contributed by atoms with Crippen molar-refractivity contribution in [1.82, 2.24) is 10.2 Å². The van der Waals surface area contributed by atoms with Crippen LogP contribution in [0.4, 0.5) is 0 Å². The molecule has 1 saturated carbocycles. The molecule has 0 aliphatic heterocycles. The summed E-state index contributed by atoms with van der Waals surface area (Å²) in [6, 6.07) is 0. The van der Waals surface area contributed by atoms with Crippen molar-refractivity contribution in [3.8, 4) is 0 Å². The van der Waals surface area contributed by atoms with E-state index in [1.165, 1.54) is 19.3 Å². The van der Waals surface area contributed by atoms with Crippen LogP contribution >= 0.6 is 12.2 Å². The van der Waals surface area contributed by atoms with E-state index >= 15 is 0 Å². The van der Waals surface area contributed by atoms with Crippen molar-refractivity contribution < 1.29 is 9.59 Å². The fraction of sp³-hybridized carbons (Fsp3) is 0.833. The predicted molar refractivity (Wildman–Crippen MR) is 102 cm³/mol. The van der Waals surface area contributed by atoms with Crippen LogP contribution in [0.2, 0.25) is 0 Å². The molecule has 0 spiro atoms. The molecule has 1 rings (SSSR count). The lowest BCUT2D eigenvalue weighted by molar-refractivity contribution is -0.133. The van der Waals surface area contributed by atoms with Crippen molar-refractivity contribution >= 4 is 29.0 Å². The summed E-state index contributed by atoms with van der Waals surface area (Å²) in [7, 11) is 1.90. The van der Waals surface area contributed by atoms with Gasteiger partial charge in [-0.05, 0) is 31.1 Å². The Balaban J connectivity index is 2.52. The second-order valence-electron chi connectivity index (χ2n) is 7.33. The van der Waals surface area contributed by atoms with E-state index in [2.05, 4.69) is 19.2 Å². The number of nitrogens with zero attached hydrogens (tertiary/aromatic N) is 1. The van der Waals surface area contributed by atoms with Crippen molar-refractivity contribution in [2.75, 3.05) is 20.1 Å². The Morgan fingerprint density at radius 2 is 2.00 bits per heavy atom. The molecular formula is C18H33N3O2S. The zero-order valence-electron chi connectivity index (χ0n) is 15.3. The summed E-state index contributed by atoms with van der Waals surface area (Å²) in [4.78, 5) is 26.2. The van der Waals surface area contributed by atoms with E-state index < -0.39 is 5.91 Å². The SMILES string of the molecule is CNC(=S)C1CCC[C@H](CCN(CC(C)C)C(=O)CCC(N)=O)C1. The minimum absolute atomic E-state index is 0.0422. The molecule has 0 heterocycles. The maximum Gasteiger partial charge on any atom is 0.223 e. The standard InChI is InChI=1S/C18H33N3O2S/c1-13(2)12-21(17(23)8-7-16(19)22)10-9-14-5-4-6-15(11-14)18(24)20-3/h13-15H,4-12H2,1-3H3,(H2,19,22)(H,20,24)/t14-,15?/m1/s1. The molecule has 0 radical (unpaired) electrons. The molecular weight excluding hydrogens is 322 g/mol. The lowest BCUT2D eigenvalue weighted by Gasteiger charge is -2.32. The van der Waals surface area contributed by atoms with Crippen LogP contribution in [-0.4, -0.2) is 41.8 Å². The summed E-state index contributed by atoms with van der Waals surface area (Å²) in [5.41, 5.74) is 5.16. The highest BCUT2D eigenvalue weighted by Gasteiger charge is 2.25. The number of carbonyl (C=O) groups is 2. The average Bonchev–Trinajstić information content (AvgIpc) is 2.55. The van der Waals surface area contributed by atoms with Crippen molar-refractivity contribution in [2.45, 2.75) is 58.8 Å². The number of amides is 2. The topological polar surface area (TPSA) is 75.4 Å². The summed E-state index contributed by atoms with van der Waals surface area (Å²) >= 11 is 5.40. The number of hydrogen-bond acceptors (Lipinski definition) is 3. The molecule has 0 aromatic carbocycles. The molecule has 138 valence electrons. The van der Waals surface area contributed by atoms with E-state index in [4.69, 9.17) is 18.0 Å². The number of nitrogens with two attached hydrogens (primary N) is 1. The average molecular weight is 356 g/mol. The number of hydrogen-bond donors (Lipinski definition) is 2. The maximum absolute atomic E-state index is 12.4. The number of primary amides is 1. The summed E-state index contributed by atoms with van der Waals surface area (Å²) in [5, 5.41) is 3.11. The van der Waals surface area contributed by atoms with E-state index in [0.717, 1.165) is 30.9 Å². The first-order valence-corrected chi connectivity index (χ1v) is 9.52. The summed E-state index contributed by atoms with van der Waals surface area (Å²) in [6.45, 7) is 5.72. The normalized spacial score (nSPS) is 20.7. The monoisotopic (exact) mass is 355 g/mol. The van der Waals surface area contributed by atoms with Crippen molar-refractivity contribution in [3.05, 3.63) is 0 Å². The molecule has 0 saturated heterocycles. The molecule has 0 aromatic heterocycles. The highest BCUT2D eigenvalue weighted by Crippen LogP contribution is 2.32. The second kappa shape index (κ2) is 10.6. The molecule has 2 amide bonds. The van der Waals surface area contributed by atoms with Crippen LogP contribution < -0.4 is 11.1 Å². The lowest BCUT2D eigenvalue weighted by atomic mass is 9.79. The summed E-state index contributed by atoms with van der Waals surface area (Å²) in [5.74, 6) is 1.14. The van der Waals surface area contributed by atoms with Crippen LogP contribution in [-0.2, 0) is 9.59 Å². The third kappa shape index (κ3) is 7.60. The fourth-order valence-electron chi connectivity index (χ4n) is 3.48. The second-order valence-corrected chi connectivity index (χ2v) is 7.77. The van der Waals surface area contributed by atoms with Crippen LogP contribution in [0.15, 0.2) is 0 Å². The van der Waals surface area contributed by atoms with Crippen molar-refractivity contribution in [1.29, 1.82) is 0 Å². The Hall–Kier alpha value is -1.17. The minimum Gasteiger partial charge on any atom is -0.383 e. The smallest absolute Gasteiger partial charge is 0.223 e. The van der Waals surface area contributed by atoms with Gasteiger partial charge in [-0.15, -0.1) is 0 Å².